The van der Waals surface area contributed by atoms with Gasteiger partial charge in [-0.15, -0.1) is 0 Å². The number of nitrogens with zero attached hydrogens (tertiary/aromatic N) is 3. The molecule has 3 heterocycles. The molecule has 1 atom stereocenters. The lowest BCUT2D eigenvalue weighted by atomic mass is 9.81. The molecule has 0 saturated heterocycles. The molecular weight excluding hydrogens is 412 g/mol. The lowest BCUT2D eigenvalue weighted by Gasteiger charge is -2.28. The number of aryl methyl sites for hydroxylation is 1. The van der Waals surface area contributed by atoms with E-state index in [0.717, 1.165) is 5.56 Å². The van der Waals surface area contributed by atoms with Crippen molar-refractivity contribution in [3.63, 3.8) is 0 Å². The molecule has 0 amide bonds. The summed E-state index contributed by atoms with van der Waals surface area (Å²) in [6.45, 7) is 2.01. The van der Waals surface area contributed by atoms with Crippen LogP contribution in [0.2, 0.25) is 0 Å². The van der Waals surface area contributed by atoms with E-state index in [0.29, 0.717) is 23.5 Å². The summed E-state index contributed by atoms with van der Waals surface area (Å²) in [4.78, 5) is 42.4. The van der Waals surface area contributed by atoms with Crippen LogP contribution in [0.1, 0.15) is 30.4 Å². The van der Waals surface area contributed by atoms with Gasteiger partial charge in [0.2, 0.25) is 0 Å². The molecule has 0 fully saturated rings. The molecule has 1 aromatic carbocycles. The van der Waals surface area contributed by atoms with Crippen LogP contribution in [0.5, 0.6) is 0 Å². The summed E-state index contributed by atoms with van der Waals surface area (Å²) in [5.41, 5.74) is 1.47. The highest BCUT2D eigenvalue weighted by Gasteiger charge is 2.38. The van der Waals surface area contributed by atoms with Gasteiger partial charge >= 0.3 is 11.7 Å². The molecule has 1 unspecified atom stereocenters. The third-order valence-corrected chi connectivity index (χ3v) is 5.28. The molecule has 0 radical (unpaired) electrons. The summed E-state index contributed by atoms with van der Waals surface area (Å²) < 4.78 is 6.63. The van der Waals surface area contributed by atoms with E-state index in [1.54, 1.807) is 17.8 Å². The molecule has 1 aliphatic heterocycles. The highest BCUT2D eigenvalue weighted by atomic mass is 16.5. The first-order valence-electron chi connectivity index (χ1n) is 9.87. The lowest BCUT2D eigenvalue weighted by Crippen LogP contribution is -2.34. The van der Waals surface area contributed by atoms with E-state index in [1.807, 2.05) is 30.3 Å². The van der Waals surface area contributed by atoms with Gasteiger partial charge in [-0.2, -0.15) is 10.4 Å². The maximum Gasteiger partial charge on any atom is 0.336 e. The van der Waals surface area contributed by atoms with Crippen LogP contribution in [0.25, 0.3) is 11.3 Å². The molecule has 162 valence electrons. The van der Waals surface area contributed by atoms with Crippen LogP contribution in [0, 0.1) is 11.3 Å². The molecule has 32 heavy (non-hydrogen) atoms. The number of carbonyl (C=O) groups is 1. The Morgan fingerprint density at radius 1 is 1.25 bits per heavy atom. The van der Waals surface area contributed by atoms with Gasteiger partial charge in [0.05, 0.1) is 48.9 Å². The number of hydrogen-bond donors (Lipinski definition) is 3. The summed E-state index contributed by atoms with van der Waals surface area (Å²) >= 11 is 0. The van der Waals surface area contributed by atoms with Gasteiger partial charge in [-0.1, -0.05) is 30.3 Å². The van der Waals surface area contributed by atoms with Crippen LogP contribution < -0.4 is 16.6 Å². The highest BCUT2D eigenvalue weighted by molar-refractivity contribution is 5.94. The predicted octanol–water partition coefficient (Wildman–Crippen LogP) is 1.84. The average Bonchev–Trinajstić information content (AvgIpc) is 3.20. The maximum atomic E-state index is 12.9. The van der Waals surface area contributed by atoms with Crippen molar-refractivity contribution < 1.29 is 9.53 Å². The average molecular weight is 432 g/mol. The van der Waals surface area contributed by atoms with Crippen LogP contribution in [-0.2, 0) is 16.1 Å². The molecule has 0 spiro atoms. The number of H-pyrrole nitrogens is 2. The molecule has 3 N–H and O–H groups in total. The van der Waals surface area contributed by atoms with Crippen molar-refractivity contribution in [2.24, 2.45) is 0 Å². The van der Waals surface area contributed by atoms with Crippen LogP contribution in [0.15, 0.2) is 57.4 Å². The molecule has 0 saturated carbocycles. The normalized spacial score (nSPS) is 15.0. The van der Waals surface area contributed by atoms with Gasteiger partial charge in [-0.3, -0.25) is 19.4 Å². The number of hydrogen-bond acceptors (Lipinski definition) is 7. The smallest absolute Gasteiger partial charge is 0.336 e. The van der Waals surface area contributed by atoms with Gasteiger partial charge in [-0.25, -0.2) is 9.59 Å². The number of rotatable bonds is 5. The third-order valence-electron chi connectivity index (χ3n) is 5.28. The molecule has 0 bridgehead atoms. The second-order valence-electron chi connectivity index (χ2n) is 7.26. The zero-order chi connectivity index (χ0) is 22.8. The van der Waals surface area contributed by atoms with Crippen molar-refractivity contribution in [1.29, 1.82) is 5.26 Å². The molecule has 2 aromatic heterocycles. The van der Waals surface area contributed by atoms with Crippen molar-refractivity contribution >= 4 is 11.8 Å². The molecule has 1 aliphatic rings. The summed E-state index contributed by atoms with van der Waals surface area (Å²) in [6, 6.07) is 11.4. The minimum atomic E-state index is -0.856. The van der Waals surface area contributed by atoms with Crippen LogP contribution >= 0.6 is 0 Å². The zero-order valence-electron chi connectivity index (χ0n) is 17.4. The number of ether oxygens (including phenoxy) is 1. The number of carbonyl (C=O) groups excluding carboxylic acids is 1. The predicted molar refractivity (Wildman–Crippen MR) is 116 cm³/mol. The van der Waals surface area contributed by atoms with Crippen molar-refractivity contribution in [2.45, 2.75) is 25.8 Å². The zero-order valence-corrected chi connectivity index (χ0v) is 17.4. The third kappa shape index (κ3) is 3.60. The Bertz CT molecular complexity index is 1370. The van der Waals surface area contributed by atoms with Gasteiger partial charge in [0.25, 0.3) is 5.56 Å². The van der Waals surface area contributed by atoms with E-state index in [-0.39, 0.29) is 23.4 Å². The fourth-order valence-corrected chi connectivity index (χ4v) is 3.93. The quantitative estimate of drug-likeness (QED) is 0.522. The van der Waals surface area contributed by atoms with Gasteiger partial charge in [0.15, 0.2) is 0 Å². The minimum absolute atomic E-state index is 0.174. The number of allylic oxidation sites excluding steroid dienone is 1. The lowest BCUT2D eigenvalue weighted by molar-refractivity contribution is -0.136. The summed E-state index contributed by atoms with van der Waals surface area (Å²) in [6.07, 6.45) is 1.96. The van der Waals surface area contributed by atoms with Crippen LogP contribution in [-0.4, -0.2) is 32.8 Å². The Labute approximate surface area is 182 Å². The SMILES string of the molecule is COC(=O)C1=C(C)Nc2[nH]c(=O)[nH]c(=O)c2C1c1cn(CCC#N)nc1-c1ccccc1. The minimum Gasteiger partial charge on any atom is -0.466 e. The molecule has 10 heteroatoms. The second kappa shape index (κ2) is 8.39. The number of methoxy groups -OCH3 is 1. The Hall–Kier alpha value is -4.39. The van der Waals surface area contributed by atoms with Gasteiger partial charge in [0, 0.05) is 23.0 Å². The number of nitriles is 1. The topological polar surface area (TPSA) is 146 Å². The van der Waals surface area contributed by atoms with Crippen LogP contribution in [0.4, 0.5) is 5.82 Å². The number of esters is 1. The van der Waals surface area contributed by atoms with Gasteiger partial charge in [0.1, 0.15) is 5.82 Å². The Morgan fingerprint density at radius 3 is 2.69 bits per heavy atom. The first-order chi connectivity index (χ1) is 15.4. The van der Waals surface area contributed by atoms with Crippen molar-refractivity contribution in [1.82, 2.24) is 19.7 Å². The molecule has 4 rings (SSSR count). The summed E-state index contributed by atoms with van der Waals surface area (Å²) in [7, 11) is 1.26. The van der Waals surface area contributed by atoms with Crippen LogP contribution in [0.3, 0.4) is 0 Å². The molecule has 3 aromatic rings. The monoisotopic (exact) mass is 432 g/mol. The fourth-order valence-electron chi connectivity index (χ4n) is 3.93. The number of benzene rings is 1. The number of fused-ring (bicyclic) bond motifs is 1. The molecular formula is C22H20N6O4. The first kappa shape index (κ1) is 20.9. The van der Waals surface area contributed by atoms with Gasteiger partial charge in [-0.05, 0) is 6.92 Å². The Morgan fingerprint density at radius 2 is 2.00 bits per heavy atom. The highest BCUT2D eigenvalue weighted by Crippen LogP contribution is 2.42. The Kier molecular flexibility index (Phi) is 5.47. The standard InChI is InChI=1S/C22H20N6O4/c1-12-15(21(30)32-2)16(17-19(24-12)25-22(31)26-20(17)29)14-11-28(10-6-9-23)27-18(14)13-7-4-3-5-8-13/h3-5,7-8,11,16H,6,10H2,1-2H3,(H3,24,25,26,29,31). The van der Waals surface area contributed by atoms with Crippen molar-refractivity contribution in [3.8, 4) is 17.3 Å². The van der Waals surface area contributed by atoms with E-state index in [4.69, 9.17) is 10.00 Å². The molecule has 0 aliphatic carbocycles. The van der Waals surface area contributed by atoms with Gasteiger partial charge < -0.3 is 10.1 Å². The number of aromatic amines is 2. The number of aromatic nitrogens is 4. The summed E-state index contributed by atoms with van der Waals surface area (Å²) in [5, 5.41) is 16.6. The van der Waals surface area contributed by atoms with E-state index in [2.05, 4.69) is 26.5 Å². The van der Waals surface area contributed by atoms with E-state index in [9.17, 15) is 14.4 Å². The van der Waals surface area contributed by atoms with E-state index < -0.39 is 23.1 Å². The van der Waals surface area contributed by atoms with E-state index >= 15 is 0 Å². The second-order valence-corrected chi connectivity index (χ2v) is 7.26. The van der Waals surface area contributed by atoms with E-state index in [1.165, 1.54) is 7.11 Å². The number of anilines is 1. The van der Waals surface area contributed by atoms with Crippen molar-refractivity contribution in [2.75, 3.05) is 12.4 Å². The first-order valence-corrected chi connectivity index (χ1v) is 9.87. The molecule has 10 nitrogen and oxygen atoms in total. The largest absolute Gasteiger partial charge is 0.466 e. The number of nitrogens with one attached hydrogen (secondary N) is 3. The summed E-state index contributed by atoms with van der Waals surface area (Å²) in [5.74, 6) is -1.26. The maximum absolute atomic E-state index is 12.9. The Balaban J connectivity index is 2.03. The van der Waals surface area contributed by atoms with Crippen molar-refractivity contribution in [3.05, 3.63) is 79.8 Å². The fraction of sp³-hybridized carbons (Fsp3) is 0.227.